The molecule has 0 saturated heterocycles. The van der Waals surface area contributed by atoms with Crippen LogP contribution in [0, 0.1) is 6.92 Å². The lowest BCUT2D eigenvalue weighted by Crippen LogP contribution is -2.42. The number of benzene rings is 1. The number of rotatable bonds is 6. The zero-order valence-electron chi connectivity index (χ0n) is 13.3. The summed E-state index contributed by atoms with van der Waals surface area (Å²) in [6.07, 6.45) is 0.846. The minimum Gasteiger partial charge on any atom is -0.376 e. The predicted octanol–water partition coefficient (Wildman–Crippen LogP) is 3.46. The Morgan fingerprint density at radius 3 is 2.41 bits per heavy atom. The molecule has 0 aliphatic rings. The van der Waals surface area contributed by atoms with Gasteiger partial charge in [0.15, 0.2) is 0 Å². The second-order valence-electron chi connectivity index (χ2n) is 6.15. The van der Waals surface area contributed by atoms with Crippen molar-refractivity contribution in [3.63, 3.8) is 0 Å². The summed E-state index contributed by atoms with van der Waals surface area (Å²) in [6, 6.07) is 5.64. The molecule has 0 atom stereocenters. The van der Waals surface area contributed by atoms with Gasteiger partial charge in [-0.05, 0) is 44.4 Å². The van der Waals surface area contributed by atoms with Gasteiger partial charge >= 0.3 is 0 Å². The molecule has 0 aliphatic heterocycles. The monoisotopic (exact) mass is 320 g/mol. The third-order valence-electron chi connectivity index (χ3n) is 4.09. The Balaban J connectivity index is 2.18. The number of hydrogen-bond acceptors (Lipinski definition) is 4. The van der Waals surface area contributed by atoms with Crippen LogP contribution in [-0.2, 0) is 6.54 Å². The number of halogens is 1. The first-order chi connectivity index (χ1) is 10.3. The van der Waals surface area contributed by atoms with E-state index in [1.807, 2.05) is 45.9 Å². The van der Waals surface area contributed by atoms with Crippen LogP contribution in [0.5, 0.6) is 0 Å². The van der Waals surface area contributed by atoms with Crippen molar-refractivity contribution >= 4 is 23.0 Å². The van der Waals surface area contributed by atoms with Gasteiger partial charge in [-0.3, -0.25) is 9.59 Å². The van der Waals surface area contributed by atoms with Gasteiger partial charge in [0.25, 0.3) is 10.9 Å². The Labute approximate surface area is 135 Å². The molecule has 0 aliphatic carbocycles. The average molecular weight is 321 g/mol. The minimum atomic E-state index is -0.464. The van der Waals surface area contributed by atoms with Crippen LogP contribution in [0.2, 0.25) is 5.02 Å². The molecule has 0 heterocycles. The topological polar surface area (TPSA) is 58.2 Å². The maximum Gasteiger partial charge on any atom is 0.253 e. The van der Waals surface area contributed by atoms with Gasteiger partial charge in [-0.2, -0.15) is 0 Å². The second-order valence-corrected chi connectivity index (χ2v) is 6.56. The largest absolute Gasteiger partial charge is 0.376 e. The molecular formula is C17H21ClN2O2. The van der Waals surface area contributed by atoms with E-state index in [4.69, 9.17) is 11.6 Å². The fourth-order valence-electron chi connectivity index (χ4n) is 2.13. The molecule has 2 aromatic carbocycles. The van der Waals surface area contributed by atoms with E-state index in [2.05, 4.69) is 10.6 Å². The minimum absolute atomic E-state index is 0.232. The van der Waals surface area contributed by atoms with Crippen molar-refractivity contribution in [2.75, 3.05) is 10.6 Å². The Bertz CT molecular complexity index is 758. The molecule has 118 valence electrons. The van der Waals surface area contributed by atoms with E-state index >= 15 is 0 Å². The summed E-state index contributed by atoms with van der Waals surface area (Å²) in [5.41, 5.74) is 1.58. The number of hydrogen-bond donors (Lipinski definition) is 2. The molecule has 2 aromatic rings. The van der Waals surface area contributed by atoms with Gasteiger partial charge in [0.1, 0.15) is 11.4 Å². The zero-order valence-corrected chi connectivity index (χ0v) is 14.1. The highest BCUT2D eigenvalue weighted by Gasteiger charge is 2.25. The maximum absolute atomic E-state index is 11.8. The van der Waals surface area contributed by atoms with E-state index in [9.17, 15) is 9.59 Å². The summed E-state index contributed by atoms with van der Waals surface area (Å²) in [5, 5.41) is 6.91. The fourth-order valence-corrected chi connectivity index (χ4v) is 2.33. The van der Waals surface area contributed by atoms with Crippen LogP contribution >= 0.6 is 11.6 Å². The number of nitrogens with one attached hydrogen (secondary N) is 2. The highest BCUT2D eigenvalue weighted by Crippen LogP contribution is 2.24. The molecule has 0 spiro atoms. The van der Waals surface area contributed by atoms with Gasteiger partial charge in [-0.15, -0.1) is 0 Å². The van der Waals surface area contributed by atoms with Crippen LogP contribution in [-0.4, -0.2) is 5.54 Å². The van der Waals surface area contributed by atoms with Crippen molar-refractivity contribution in [2.24, 2.45) is 0 Å². The van der Waals surface area contributed by atoms with E-state index in [0.717, 1.165) is 17.5 Å². The Morgan fingerprint density at radius 2 is 1.77 bits per heavy atom. The molecule has 0 radical (unpaired) electrons. The molecular weight excluding hydrogens is 300 g/mol. The molecule has 0 amide bonds. The first-order valence-electron chi connectivity index (χ1n) is 7.36. The summed E-state index contributed by atoms with van der Waals surface area (Å²) in [4.78, 5) is 23.6. The van der Waals surface area contributed by atoms with Crippen LogP contribution in [0.3, 0.4) is 0 Å². The first kappa shape index (κ1) is 16.6. The quantitative estimate of drug-likeness (QED) is 0.800. The highest BCUT2D eigenvalue weighted by atomic mass is 35.5. The van der Waals surface area contributed by atoms with Crippen molar-refractivity contribution in [3.8, 4) is 0 Å². The van der Waals surface area contributed by atoms with E-state index in [0.29, 0.717) is 22.9 Å². The summed E-state index contributed by atoms with van der Waals surface area (Å²) in [5.74, 6) is 0. The lowest BCUT2D eigenvalue weighted by Gasteiger charge is -2.28. The van der Waals surface area contributed by atoms with E-state index < -0.39 is 10.9 Å². The van der Waals surface area contributed by atoms with Gasteiger partial charge in [-0.1, -0.05) is 30.7 Å². The standard InChI is InChI=1S/C17H21ClN2O2/c1-5-17(3,4)20-14-13(15(21)16(14)22)19-9-11-7-6-8-12(18)10(11)2/h6-8,19-20H,5,9H2,1-4H3. The normalized spacial score (nSPS) is 11.7. The van der Waals surface area contributed by atoms with Crippen LogP contribution in [0.1, 0.15) is 38.3 Å². The lowest BCUT2D eigenvalue weighted by molar-refractivity contribution is 0.546. The lowest BCUT2D eigenvalue weighted by atomic mass is 10.00. The average Bonchev–Trinajstić information content (AvgIpc) is 2.49. The molecule has 4 nitrogen and oxygen atoms in total. The highest BCUT2D eigenvalue weighted by molar-refractivity contribution is 6.31. The van der Waals surface area contributed by atoms with E-state index in [1.165, 1.54) is 0 Å². The van der Waals surface area contributed by atoms with E-state index in [-0.39, 0.29) is 5.54 Å². The van der Waals surface area contributed by atoms with Gasteiger partial charge in [0, 0.05) is 17.1 Å². The fraction of sp³-hybridized carbons (Fsp3) is 0.412. The Kier molecular flexibility index (Phi) is 4.61. The summed E-state index contributed by atoms with van der Waals surface area (Å²) in [7, 11) is 0. The number of anilines is 2. The summed E-state index contributed by atoms with van der Waals surface area (Å²) >= 11 is 6.09. The van der Waals surface area contributed by atoms with Crippen molar-refractivity contribution in [1.29, 1.82) is 0 Å². The van der Waals surface area contributed by atoms with Crippen molar-refractivity contribution in [1.82, 2.24) is 0 Å². The SMILES string of the molecule is CCC(C)(C)Nc1c(NCc2cccc(Cl)c2C)c(=O)c1=O. The van der Waals surface area contributed by atoms with Gasteiger partial charge in [0.05, 0.1) is 0 Å². The molecule has 22 heavy (non-hydrogen) atoms. The molecule has 0 bridgehead atoms. The second kappa shape index (κ2) is 6.13. The molecule has 2 N–H and O–H groups in total. The third-order valence-corrected chi connectivity index (χ3v) is 4.50. The molecule has 0 fully saturated rings. The van der Waals surface area contributed by atoms with Gasteiger partial charge in [-0.25, -0.2) is 0 Å². The zero-order chi connectivity index (χ0) is 16.5. The molecule has 0 saturated carbocycles. The third kappa shape index (κ3) is 3.17. The summed E-state index contributed by atoms with van der Waals surface area (Å²) < 4.78 is 0. The van der Waals surface area contributed by atoms with Crippen LogP contribution in [0.15, 0.2) is 27.8 Å². The molecule has 0 aromatic heterocycles. The first-order valence-corrected chi connectivity index (χ1v) is 7.74. The molecule has 0 unspecified atom stereocenters. The Hall–Kier alpha value is -1.81. The van der Waals surface area contributed by atoms with Crippen LogP contribution in [0.4, 0.5) is 11.4 Å². The van der Waals surface area contributed by atoms with Crippen LogP contribution in [0.25, 0.3) is 0 Å². The Morgan fingerprint density at radius 1 is 1.14 bits per heavy atom. The van der Waals surface area contributed by atoms with Crippen LogP contribution < -0.4 is 21.5 Å². The smallest absolute Gasteiger partial charge is 0.253 e. The molecule has 5 heteroatoms. The summed E-state index contributed by atoms with van der Waals surface area (Å²) in [6.45, 7) is 8.41. The van der Waals surface area contributed by atoms with Gasteiger partial charge in [0.2, 0.25) is 0 Å². The van der Waals surface area contributed by atoms with Crippen molar-refractivity contribution < 1.29 is 0 Å². The maximum atomic E-state index is 11.8. The van der Waals surface area contributed by atoms with Gasteiger partial charge < -0.3 is 10.6 Å². The van der Waals surface area contributed by atoms with Crippen molar-refractivity contribution in [3.05, 3.63) is 54.8 Å². The van der Waals surface area contributed by atoms with E-state index in [1.54, 1.807) is 0 Å². The van der Waals surface area contributed by atoms with Crippen molar-refractivity contribution in [2.45, 2.75) is 46.2 Å². The predicted molar refractivity (Wildman–Crippen MR) is 92.9 cm³/mol. The molecule has 2 rings (SSSR count).